The first-order valence-corrected chi connectivity index (χ1v) is 14.1. The van der Waals surface area contributed by atoms with Gasteiger partial charge in [0.25, 0.3) is 0 Å². The maximum absolute atomic E-state index is 11.8. The van der Waals surface area contributed by atoms with E-state index in [1.807, 2.05) is 23.7 Å². The van der Waals surface area contributed by atoms with Crippen LogP contribution in [0.1, 0.15) is 86.6 Å². The Kier molecular flexibility index (Phi) is 8.73. The van der Waals surface area contributed by atoms with Crippen molar-refractivity contribution in [3.63, 3.8) is 0 Å². The summed E-state index contributed by atoms with van der Waals surface area (Å²) in [6.45, 7) is 9.73. The van der Waals surface area contributed by atoms with Gasteiger partial charge in [-0.25, -0.2) is 4.68 Å². The van der Waals surface area contributed by atoms with Gasteiger partial charge in [0.05, 0.1) is 18.7 Å². The number of carbonyl (C=O) groups is 1. The predicted molar refractivity (Wildman–Crippen MR) is 150 cm³/mol. The number of fused-ring (bicyclic) bond motifs is 1. The molecule has 0 bridgehead atoms. The first-order valence-electron chi connectivity index (χ1n) is 13.3. The highest BCUT2D eigenvalue weighted by molar-refractivity contribution is 9.10. The van der Waals surface area contributed by atoms with E-state index in [-0.39, 0.29) is 17.8 Å². The number of halogens is 1. The van der Waals surface area contributed by atoms with E-state index in [9.17, 15) is 9.90 Å². The van der Waals surface area contributed by atoms with Crippen molar-refractivity contribution in [1.82, 2.24) is 14.8 Å². The molecule has 6 nitrogen and oxygen atoms in total. The van der Waals surface area contributed by atoms with Crippen LogP contribution in [0.2, 0.25) is 0 Å². The normalized spacial score (nSPS) is 14.3. The second-order valence-electron chi connectivity index (χ2n) is 11.0. The highest BCUT2D eigenvalue weighted by atomic mass is 79.9. The fourth-order valence-electron chi connectivity index (χ4n) is 4.97. The fraction of sp³-hybridized carbons (Fsp3) is 0.500. The van der Waals surface area contributed by atoms with Crippen molar-refractivity contribution in [2.24, 2.45) is 0 Å². The van der Waals surface area contributed by atoms with Crippen LogP contribution in [-0.2, 0) is 42.4 Å². The lowest BCUT2D eigenvalue weighted by molar-refractivity contribution is -0.137. The molecule has 1 atom stereocenters. The average Bonchev–Trinajstić information content (AvgIpc) is 3.24. The topological polar surface area (TPSA) is 77.2 Å². The Morgan fingerprint density at radius 1 is 1.14 bits per heavy atom. The lowest BCUT2D eigenvalue weighted by Crippen LogP contribution is -2.14. The Balaban J connectivity index is 1.48. The number of rotatable bonds is 10. The highest BCUT2D eigenvalue weighted by Crippen LogP contribution is 2.33. The van der Waals surface area contributed by atoms with E-state index in [2.05, 4.69) is 61.0 Å². The molecule has 0 saturated heterocycles. The van der Waals surface area contributed by atoms with Gasteiger partial charge in [0.1, 0.15) is 0 Å². The standard InChI is InChI=1S/C30H38BrN3O3/c1-5-34-28(37-13-12-25-11-10-20-8-6-7-9-27(20)32-25)19-26(33-34)16-22(17-29(35)36)21-14-23(30(2,3)4)18-24(31)15-21/h10-11,14-15,18-19,22H,5-9,12-13,16-17H2,1-4H3,(H,35,36). The minimum Gasteiger partial charge on any atom is -0.481 e. The first kappa shape index (κ1) is 27.4. The number of carboxylic acid groups (broad SMARTS) is 1. The molecule has 1 N–H and O–H groups in total. The van der Waals surface area contributed by atoms with Crippen molar-refractivity contribution < 1.29 is 14.6 Å². The number of aliphatic carboxylic acids is 1. The molecule has 7 heteroatoms. The molecule has 0 amide bonds. The Bertz CT molecular complexity index is 1250. The summed E-state index contributed by atoms with van der Waals surface area (Å²) in [6.07, 6.45) is 6.00. The number of carboxylic acids is 1. The number of benzene rings is 1. The summed E-state index contributed by atoms with van der Waals surface area (Å²) in [7, 11) is 0. The molecule has 1 unspecified atom stereocenters. The molecule has 37 heavy (non-hydrogen) atoms. The second-order valence-corrected chi connectivity index (χ2v) is 11.9. The second kappa shape index (κ2) is 11.8. The van der Waals surface area contributed by atoms with Crippen LogP contribution in [0.3, 0.4) is 0 Å². The van der Waals surface area contributed by atoms with Crippen molar-refractivity contribution in [1.29, 1.82) is 0 Å². The van der Waals surface area contributed by atoms with E-state index >= 15 is 0 Å². The number of pyridine rings is 1. The molecule has 1 aliphatic rings. The molecule has 2 aromatic heterocycles. The Morgan fingerprint density at radius 2 is 1.92 bits per heavy atom. The molecular formula is C30H38BrN3O3. The zero-order chi connectivity index (χ0) is 26.6. The van der Waals surface area contributed by atoms with Crippen LogP contribution >= 0.6 is 15.9 Å². The van der Waals surface area contributed by atoms with E-state index in [0.717, 1.165) is 40.7 Å². The van der Waals surface area contributed by atoms with Crippen molar-refractivity contribution in [2.45, 2.75) is 90.5 Å². The maximum Gasteiger partial charge on any atom is 0.303 e. The molecule has 0 radical (unpaired) electrons. The van der Waals surface area contributed by atoms with Crippen LogP contribution in [0.4, 0.5) is 0 Å². The van der Waals surface area contributed by atoms with Crippen molar-refractivity contribution in [3.8, 4) is 5.88 Å². The van der Waals surface area contributed by atoms with E-state index in [1.165, 1.54) is 29.7 Å². The van der Waals surface area contributed by atoms with Crippen LogP contribution in [0.25, 0.3) is 0 Å². The van der Waals surface area contributed by atoms with Crippen molar-refractivity contribution in [3.05, 3.63) is 74.6 Å². The Hall–Kier alpha value is -2.67. The Labute approximate surface area is 228 Å². The van der Waals surface area contributed by atoms with Gasteiger partial charge in [0.2, 0.25) is 5.88 Å². The number of ether oxygens (including phenoxy) is 1. The number of nitrogens with zero attached hydrogens (tertiary/aromatic N) is 3. The molecule has 1 aromatic carbocycles. The van der Waals surface area contributed by atoms with Gasteiger partial charge in [-0.2, -0.15) is 5.10 Å². The molecule has 0 spiro atoms. The average molecular weight is 569 g/mol. The fourth-order valence-corrected chi connectivity index (χ4v) is 5.48. The summed E-state index contributed by atoms with van der Waals surface area (Å²) >= 11 is 3.63. The van der Waals surface area contributed by atoms with Crippen LogP contribution in [0.5, 0.6) is 5.88 Å². The largest absolute Gasteiger partial charge is 0.481 e. The van der Waals surface area contributed by atoms with E-state index in [0.29, 0.717) is 25.5 Å². The van der Waals surface area contributed by atoms with E-state index in [1.54, 1.807) is 0 Å². The first-order chi connectivity index (χ1) is 17.6. The smallest absolute Gasteiger partial charge is 0.303 e. The quantitative estimate of drug-likeness (QED) is 0.296. The Morgan fingerprint density at radius 3 is 2.65 bits per heavy atom. The van der Waals surface area contributed by atoms with Crippen LogP contribution in [0, 0.1) is 0 Å². The van der Waals surface area contributed by atoms with Crippen LogP contribution in [0.15, 0.2) is 40.9 Å². The van der Waals surface area contributed by atoms with E-state index < -0.39 is 5.97 Å². The number of hydrogen-bond donors (Lipinski definition) is 1. The van der Waals surface area contributed by atoms with Crippen molar-refractivity contribution >= 4 is 21.9 Å². The molecule has 0 aliphatic heterocycles. The van der Waals surface area contributed by atoms with E-state index in [4.69, 9.17) is 14.8 Å². The molecule has 2 heterocycles. The summed E-state index contributed by atoms with van der Waals surface area (Å²) in [5.74, 6) is -0.288. The third-order valence-electron chi connectivity index (χ3n) is 7.07. The third-order valence-corrected chi connectivity index (χ3v) is 7.53. The van der Waals surface area contributed by atoms with Gasteiger partial charge in [0, 0.05) is 34.9 Å². The summed E-state index contributed by atoms with van der Waals surface area (Å²) in [5.41, 5.74) is 6.68. The van der Waals surface area contributed by atoms with Gasteiger partial charge in [0.15, 0.2) is 0 Å². The lowest BCUT2D eigenvalue weighted by Gasteiger charge is -2.23. The van der Waals surface area contributed by atoms with Crippen molar-refractivity contribution in [2.75, 3.05) is 6.61 Å². The summed E-state index contributed by atoms with van der Waals surface area (Å²) in [4.78, 5) is 16.6. The zero-order valence-corrected chi connectivity index (χ0v) is 24.0. The van der Waals surface area contributed by atoms with Crippen LogP contribution < -0.4 is 4.74 Å². The number of aryl methyl sites for hydroxylation is 3. The molecule has 0 fully saturated rings. The minimum absolute atomic E-state index is 0.0377. The SMILES string of the molecule is CCn1nc(CC(CC(=O)O)c2cc(Br)cc(C(C)(C)C)c2)cc1OCCc1ccc2c(n1)CCCC2. The summed E-state index contributed by atoms with van der Waals surface area (Å²) < 4.78 is 8.96. The third kappa shape index (κ3) is 7.22. The van der Waals surface area contributed by atoms with Gasteiger partial charge in [-0.05, 0) is 85.3 Å². The minimum atomic E-state index is -0.814. The molecule has 0 saturated carbocycles. The zero-order valence-electron chi connectivity index (χ0n) is 22.4. The van der Waals surface area contributed by atoms with Gasteiger partial charge < -0.3 is 9.84 Å². The molecular weight excluding hydrogens is 530 g/mol. The molecule has 4 rings (SSSR count). The summed E-state index contributed by atoms with van der Waals surface area (Å²) in [5, 5.41) is 14.4. The predicted octanol–water partition coefficient (Wildman–Crippen LogP) is 6.66. The van der Waals surface area contributed by atoms with Gasteiger partial charge in [-0.15, -0.1) is 0 Å². The summed E-state index contributed by atoms with van der Waals surface area (Å²) in [6, 6.07) is 12.6. The molecule has 3 aromatic rings. The number of aromatic nitrogens is 3. The monoisotopic (exact) mass is 567 g/mol. The van der Waals surface area contributed by atoms with Gasteiger partial charge in [-0.1, -0.05) is 48.8 Å². The lowest BCUT2D eigenvalue weighted by atomic mass is 9.83. The maximum atomic E-state index is 11.8. The molecule has 198 valence electrons. The van der Waals surface area contributed by atoms with Crippen LogP contribution in [-0.4, -0.2) is 32.4 Å². The van der Waals surface area contributed by atoms with Gasteiger partial charge >= 0.3 is 5.97 Å². The number of hydrogen-bond acceptors (Lipinski definition) is 4. The van der Waals surface area contributed by atoms with Gasteiger partial charge in [-0.3, -0.25) is 9.78 Å². The highest BCUT2D eigenvalue weighted by Gasteiger charge is 2.23. The molecule has 1 aliphatic carbocycles.